The molecular weight excluding hydrogens is 166 g/mol. The molecule has 1 saturated heterocycles. The topological polar surface area (TPSA) is 9.23 Å². The maximum absolute atomic E-state index is 5.42. The van der Waals surface area contributed by atoms with Crippen LogP contribution >= 0.6 is 0 Å². The molecule has 1 rings (SSSR count). The molecule has 0 aliphatic carbocycles. The lowest BCUT2D eigenvalue weighted by molar-refractivity contribution is 0.291. The van der Waals surface area contributed by atoms with Gasteiger partial charge in [0.15, 0.2) is 0 Å². The van der Waals surface area contributed by atoms with E-state index in [0.29, 0.717) is 0 Å². The van der Waals surface area contributed by atoms with Crippen LogP contribution in [0.4, 0.5) is 0 Å². The Morgan fingerprint density at radius 1 is 1.18 bits per heavy atom. The maximum Gasteiger partial charge on any atom is 0.457 e. The molecule has 0 spiro atoms. The Labute approximate surface area is 80.2 Å². The first kappa shape index (κ1) is 12.0. The summed E-state index contributed by atoms with van der Waals surface area (Å²) in [5.74, 6) is 9.19. The van der Waals surface area contributed by atoms with Gasteiger partial charge in [0.1, 0.15) is 0 Å². The summed E-state index contributed by atoms with van der Waals surface area (Å²) in [6.45, 7) is 1.05. The smallest absolute Gasteiger partial charge is 0.457 e. The molecule has 1 nitrogen and oxygen atoms in total. The van der Waals surface area contributed by atoms with E-state index in [0.717, 1.165) is 6.61 Å². The lowest BCUT2D eigenvalue weighted by Crippen LogP contribution is -2.18. The summed E-state index contributed by atoms with van der Waals surface area (Å²) in [6, 6.07) is 0. The second-order valence-electron chi connectivity index (χ2n) is 3.91. The molecule has 0 aromatic heterocycles. The van der Waals surface area contributed by atoms with Gasteiger partial charge in [-0.25, -0.2) is 0 Å². The minimum atomic E-state index is -0.595. The van der Waals surface area contributed by atoms with Crippen molar-refractivity contribution in [2.24, 2.45) is 0 Å². The van der Waals surface area contributed by atoms with Gasteiger partial charge in [0.25, 0.3) is 14.1 Å². The summed E-state index contributed by atoms with van der Waals surface area (Å²) in [4.78, 5) is 0. The Bertz CT molecular complexity index is 77.4. The van der Waals surface area contributed by atoms with Crippen molar-refractivity contribution in [2.75, 3.05) is 6.61 Å². The average Bonchev–Trinajstić information content (AvgIpc) is 1.87. The van der Waals surface area contributed by atoms with Crippen LogP contribution in [0.1, 0.15) is 12.8 Å². The number of hydrogen-bond donors (Lipinski definition) is 0. The first-order valence-corrected chi connectivity index (χ1v) is 10.6. The Morgan fingerprint density at radius 3 is 1.91 bits per heavy atom. The third-order valence-corrected chi connectivity index (χ3v) is 3.43. The van der Waals surface area contributed by atoms with Gasteiger partial charge in [-0.1, -0.05) is 17.5 Å². The summed E-state index contributed by atoms with van der Waals surface area (Å²) >= 11 is -0.733. The molecule has 1 aliphatic heterocycles. The predicted molar refractivity (Wildman–Crippen MR) is 55.0 cm³/mol. The Morgan fingerprint density at radius 2 is 1.73 bits per heavy atom. The van der Waals surface area contributed by atoms with Crippen LogP contribution in [0.25, 0.3) is 0 Å². The first-order chi connectivity index (χ1) is 5.13. The first-order valence-electron chi connectivity index (χ1n) is 4.74. The van der Waals surface area contributed by atoms with Crippen LogP contribution < -0.4 is 0 Å². The lowest BCUT2D eigenvalue weighted by atomic mass is 10.4. The van der Waals surface area contributed by atoms with Gasteiger partial charge in [-0.3, -0.25) is 0 Å². The summed E-state index contributed by atoms with van der Waals surface area (Å²) in [7, 11) is 0. The van der Waals surface area contributed by atoms with E-state index in [1.54, 1.807) is 0 Å². The molecule has 1 fully saturated rings. The van der Waals surface area contributed by atoms with Gasteiger partial charge in [0.2, 0.25) is 0 Å². The number of rotatable bonds is 0. The van der Waals surface area contributed by atoms with Crippen LogP contribution in [0.15, 0.2) is 0 Å². The molecule has 64 valence electrons. The van der Waals surface area contributed by atoms with Gasteiger partial charge < -0.3 is 3.79 Å². The molecule has 11 heavy (non-hydrogen) atoms. The zero-order valence-electron chi connectivity index (χ0n) is 8.39. The highest BCUT2D eigenvalue weighted by molar-refractivity contribution is 6.54. The van der Waals surface area contributed by atoms with Crippen molar-refractivity contribution in [1.29, 1.82) is 0 Å². The van der Waals surface area contributed by atoms with E-state index >= 15 is 0 Å². The highest BCUT2D eigenvalue weighted by Crippen LogP contribution is 2.09. The van der Waals surface area contributed by atoms with E-state index in [1.807, 2.05) is 0 Å². The Balaban J connectivity index is 0.000000218. The molecule has 0 radical (unpaired) electrons. The van der Waals surface area contributed by atoms with E-state index in [-0.39, 0.29) is 14.1 Å². The van der Waals surface area contributed by atoms with Crippen LogP contribution in [0.3, 0.4) is 0 Å². The second kappa shape index (κ2) is 7.66. The SMILES string of the molecule is [CH3][Al]([CH3])[CH3].[CH3][Al]1[CH2]CCC[O]1. The average molecular weight is 186 g/mol. The third-order valence-electron chi connectivity index (χ3n) is 1.41. The monoisotopic (exact) mass is 186 g/mol. The molecule has 0 unspecified atom stereocenters. The van der Waals surface area contributed by atoms with Crippen molar-refractivity contribution < 1.29 is 3.79 Å². The van der Waals surface area contributed by atoms with Crippen molar-refractivity contribution in [1.82, 2.24) is 0 Å². The lowest BCUT2D eigenvalue weighted by Gasteiger charge is -2.13. The number of hydrogen-bond acceptors (Lipinski definition) is 1. The molecule has 0 saturated carbocycles. The van der Waals surface area contributed by atoms with Crippen LogP contribution in [0, 0.1) is 0 Å². The summed E-state index contributed by atoms with van der Waals surface area (Å²) in [5, 5.41) is 1.40. The summed E-state index contributed by atoms with van der Waals surface area (Å²) in [6.07, 6.45) is 2.73. The van der Waals surface area contributed by atoms with Crippen molar-refractivity contribution in [3.8, 4) is 0 Å². The highest BCUT2D eigenvalue weighted by Gasteiger charge is 2.15. The fourth-order valence-corrected chi connectivity index (χ4v) is 2.50. The van der Waals surface area contributed by atoms with Gasteiger partial charge in [-0.05, 0) is 6.42 Å². The van der Waals surface area contributed by atoms with E-state index < -0.39 is 14.5 Å². The van der Waals surface area contributed by atoms with Crippen LogP contribution in [0.2, 0.25) is 28.4 Å². The molecule has 0 aromatic carbocycles. The normalized spacial score (nSPS) is 16.9. The van der Waals surface area contributed by atoms with E-state index in [4.69, 9.17) is 3.79 Å². The summed E-state index contributed by atoms with van der Waals surface area (Å²) < 4.78 is 5.42. The van der Waals surface area contributed by atoms with Gasteiger partial charge in [0.05, 0.1) is 0 Å². The second-order valence-corrected chi connectivity index (χ2v) is 9.91. The Hall–Kier alpha value is 1.02. The van der Waals surface area contributed by atoms with Gasteiger partial charge in [-0.2, -0.15) is 0 Å². The highest BCUT2D eigenvalue weighted by atomic mass is 27.2. The van der Waals surface area contributed by atoms with Crippen molar-refractivity contribution in [2.45, 2.75) is 41.3 Å². The van der Waals surface area contributed by atoms with Crippen molar-refractivity contribution in [3.05, 3.63) is 0 Å². The maximum atomic E-state index is 5.42. The molecular formula is C8H20Al2O. The van der Waals surface area contributed by atoms with E-state index in [9.17, 15) is 0 Å². The molecule has 0 bridgehead atoms. The van der Waals surface area contributed by atoms with Gasteiger partial charge >= 0.3 is 14.5 Å². The molecule has 0 atom stereocenters. The van der Waals surface area contributed by atoms with E-state index in [2.05, 4.69) is 23.1 Å². The predicted octanol–water partition coefficient (Wildman–Crippen LogP) is 2.79. The Kier molecular flexibility index (Phi) is 8.38. The van der Waals surface area contributed by atoms with Gasteiger partial charge in [0, 0.05) is 6.61 Å². The zero-order valence-corrected chi connectivity index (χ0v) is 10.7. The minimum Gasteiger partial charge on any atom is -0.501 e. The largest absolute Gasteiger partial charge is 0.501 e. The van der Waals surface area contributed by atoms with Crippen molar-refractivity contribution in [3.63, 3.8) is 0 Å². The van der Waals surface area contributed by atoms with Crippen LogP contribution in [-0.2, 0) is 3.79 Å². The van der Waals surface area contributed by atoms with Crippen LogP contribution in [-0.4, -0.2) is 35.2 Å². The molecule has 3 heteroatoms. The van der Waals surface area contributed by atoms with Gasteiger partial charge in [-0.15, -0.1) is 17.4 Å². The molecule has 1 aliphatic rings. The molecule has 0 amide bonds. The fourth-order valence-electron chi connectivity index (χ4n) is 0.902. The fraction of sp³-hybridized carbons (Fsp3) is 1.00. The van der Waals surface area contributed by atoms with Crippen LogP contribution in [0.5, 0.6) is 0 Å². The molecule has 1 heterocycles. The van der Waals surface area contributed by atoms with Crippen molar-refractivity contribution >= 4 is 28.6 Å². The quantitative estimate of drug-likeness (QED) is 0.528. The molecule has 0 aromatic rings. The molecule has 0 N–H and O–H groups in total. The zero-order chi connectivity index (χ0) is 8.69. The minimum absolute atomic E-state index is 0.139. The summed E-state index contributed by atoms with van der Waals surface area (Å²) in [5.41, 5.74) is 0. The standard InChI is InChI=1S/C4H8O.4CH3.2Al/c1-2-3-4-5;;;;;;/h1-4H2;4*1H3;;/q-1;;;;;;+1. The third kappa shape index (κ3) is 11.0. The van der Waals surface area contributed by atoms with E-state index in [1.165, 1.54) is 18.1 Å².